The highest BCUT2D eigenvalue weighted by Crippen LogP contribution is 2.27. The van der Waals surface area contributed by atoms with Gasteiger partial charge >= 0.3 is 0 Å². The zero-order chi connectivity index (χ0) is 13.0. The highest BCUT2D eigenvalue weighted by molar-refractivity contribution is 6.34. The summed E-state index contributed by atoms with van der Waals surface area (Å²) in [4.78, 5) is 0. The zero-order valence-electron chi connectivity index (χ0n) is 10.1. The van der Waals surface area contributed by atoms with E-state index in [1.165, 1.54) is 25.7 Å². The van der Waals surface area contributed by atoms with Gasteiger partial charge in [-0.3, -0.25) is 0 Å². The Morgan fingerprint density at radius 2 is 2.17 bits per heavy atom. The van der Waals surface area contributed by atoms with Crippen LogP contribution in [-0.4, -0.2) is 17.6 Å². The van der Waals surface area contributed by atoms with Crippen LogP contribution in [0.25, 0.3) is 0 Å². The summed E-state index contributed by atoms with van der Waals surface area (Å²) in [6, 6.07) is 5.18. The average Bonchev–Trinajstić information content (AvgIpc) is 2.88. The van der Waals surface area contributed by atoms with Gasteiger partial charge < -0.3 is 15.7 Å². The summed E-state index contributed by atoms with van der Waals surface area (Å²) >= 11 is 6.05. The van der Waals surface area contributed by atoms with Crippen molar-refractivity contribution >= 4 is 17.4 Å². The van der Waals surface area contributed by atoms with Crippen LogP contribution in [0.5, 0.6) is 5.75 Å². The first-order chi connectivity index (χ1) is 8.70. The SMILES string of the molecule is NC(=NO)c1ccc(OCC2CCCC2)cc1Cl. The Labute approximate surface area is 111 Å². The number of halogens is 1. The van der Waals surface area contributed by atoms with Crippen LogP contribution in [0.2, 0.25) is 5.02 Å². The van der Waals surface area contributed by atoms with E-state index in [1.807, 2.05) is 0 Å². The number of amidine groups is 1. The minimum absolute atomic E-state index is 0.00217. The van der Waals surface area contributed by atoms with Crippen molar-refractivity contribution in [3.05, 3.63) is 28.8 Å². The van der Waals surface area contributed by atoms with Crippen LogP contribution in [-0.2, 0) is 0 Å². The summed E-state index contributed by atoms with van der Waals surface area (Å²) < 4.78 is 5.71. The smallest absolute Gasteiger partial charge is 0.171 e. The lowest BCUT2D eigenvalue weighted by atomic mass is 10.1. The van der Waals surface area contributed by atoms with Gasteiger partial charge in [0.1, 0.15) is 5.75 Å². The minimum Gasteiger partial charge on any atom is -0.493 e. The van der Waals surface area contributed by atoms with Crippen LogP contribution in [0, 0.1) is 5.92 Å². The molecular formula is C13H17ClN2O2. The van der Waals surface area contributed by atoms with Crippen molar-refractivity contribution in [1.82, 2.24) is 0 Å². The molecule has 5 heteroatoms. The molecule has 0 atom stereocenters. The fourth-order valence-corrected chi connectivity index (χ4v) is 2.51. The van der Waals surface area contributed by atoms with E-state index >= 15 is 0 Å². The zero-order valence-corrected chi connectivity index (χ0v) is 10.9. The van der Waals surface area contributed by atoms with Gasteiger partial charge in [0.05, 0.1) is 11.6 Å². The molecule has 1 aliphatic rings. The lowest BCUT2D eigenvalue weighted by Crippen LogP contribution is -2.14. The fraction of sp³-hybridized carbons (Fsp3) is 0.462. The molecule has 1 aliphatic carbocycles. The molecule has 0 amide bonds. The number of hydrogen-bond acceptors (Lipinski definition) is 3. The summed E-state index contributed by atoms with van der Waals surface area (Å²) in [6.07, 6.45) is 5.10. The second kappa shape index (κ2) is 5.96. The lowest BCUT2D eigenvalue weighted by molar-refractivity contribution is 0.252. The fourth-order valence-electron chi connectivity index (χ4n) is 2.24. The van der Waals surface area contributed by atoms with Gasteiger partial charge in [0, 0.05) is 5.56 Å². The van der Waals surface area contributed by atoms with Crippen molar-refractivity contribution in [2.45, 2.75) is 25.7 Å². The van der Waals surface area contributed by atoms with Gasteiger partial charge in [0.25, 0.3) is 0 Å². The first kappa shape index (κ1) is 13.0. The Balaban J connectivity index is 1.99. The maximum atomic E-state index is 8.60. The van der Waals surface area contributed by atoms with Crippen molar-refractivity contribution in [2.24, 2.45) is 16.8 Å². The molecule has 2 rings (SSSR count). The molecule has 0 heterocycles. The highest BCUT2D eigenvalue weighted by atomic mass is 35.5. The third kappa shape index (κ3) is 3.07. The van der Waals surface area contributed by atoms with E-state index < -0.39 is 0 Å². The quantitative estimate of drug-likeness (QED) is 0.382. The maximum absolute atomic E-state index is 8.60. The molecule has 1 saturated carbocycles. The molecule has 0 spiro atoms. The standard InChI is InChI=1S/C13H17ClN2O2/c14-12-7-10(5-6-11(12)13(15)16-17)18-8-9-3-1-2-4-9/h5-7,9,17H,1-4,8H2,(H2,15,16). The number of rotatable bonds is 4. The van der Waals surface area contributed by atoms with E-state index in [9.17, 15) is 0 Å². The Bertz CT molecular complexity index is 443. The van der Waals surface area contributed by atoms with Gasteiger partial charge in [-0.2, -0.15) is 0 Å². The van der Waals surface area contributed by atoms with Crippen molar-refractivity contribution in [3.8, 4) is 5.75 Å². The number of nitrogens with two attached hydrogens (primary N) is 1. The monoisotopic (exact) mass is 268 g/mol. The molecule has 0 bridgehead atoms. The summed E-state index contributed by atoms with van der Waals surface area (Å²) in [5, 5.41) is 12.0. The summed E-state index contributed by atoms with van der Waals surface area (Å²) in [7, 11) is 0. The van der Waals surface area contributed by atoms with Crippen LogP contribution in [0.15, 0.2) is 23.4 Å². The molecule has 0 aliphatic heterocycles. The Morgan fingerprint density at radius 1 is 1.44 bits per heavy atom. The summed E-state index contributed by atoms with van der Waals surface area (Å²) in [5.74, 6) is 1.39. The van der Waals surface area contributed by atoms with Gasteiger partial charge in [0.2, 0.25) is 0 Å². The lowest BCUT2D eigenvalue weighted by Gasteiger charge is -2.12. The third-order valence-corrected chi connectivity index (χ3v) is 3.60. The van der Waals surface area contributed by atoms with E-state index in [0.717, 1.165) is 12.4 Å². The molecule has 18 heavy (non-hydrogen) atoms. The van der Waals surface area contributed by atoms with Gasteiger partial charge in [0.15, 0.2) is 5.84 Å². The Kier molecular flexibility index (Phi) is 4.31. The van der Waals surface area contributed by atoms with Crippen LogP contribution in [0.1, 0.15) is 31.2 Å². The topological polar surface area (TPSA) is 67.8 Å². The van der Waals surface area contributed by atoms with E-state index in [-0.39, 0.29) is 5.84 Å². The molecule has 1 fully saturated rings. The normalized spacial score (nSPS) is 17.1. The van der Waals surface area contributed by atoms with Crippen molar-refractivity contribution < 1.29 is 9.94 Å². The van der Waals surface area contributed by atoms with Gasteiger partial charge in [-0.1, -0.05) is 29.6 Å². The van der Waals surface area contributed by atoms with Gasteiger partial charge in [-0.15, -0.1) is 0 Å². The first-order valence-electron chi connectivity index (χ1n) is 6.11. The number of hydrogen-bond donors (Lipinski definition) is 2. The number of oxime groups is 1. The molecule has 3 N–H and O–H groups in total. The molecule has 98 valence electrons. The number of ether oxygens (including phenoxy) is 1. The second-order valence-electron chi connectivity index (χ2n) is 4.59. The van der Waals surface area contributed by atoms with E-state index in [0.29, 0.717) is 16.5 Å². The minimum atomic E-state index is 0.00217. The van der Waals surface area contributed by atoms with E-state index in [4.69, 9.17) is 27.3 Å². The average molecular weight is 269 g/mol. The number of nitrogens with zero attached hydrogens (tertiary/aromatic N) is 1. The summed E-state index contributed by atoms with van der Waals surface area (Å²) in [6.45, 7) is 0.735. The highest BCUT2D eigenvalue weighted by Gasteiger charge is 2.15. The first-order valence-corrected chi connectivity index (χ1v) is 6.48. The Hall–Kier alpha value is -1.42. The van der Waals surface area contributed by atoms with Crippen LogP contribution >= 0.6 is 11.6 Å². The predicted octanol–water partition coefficient (Wildman–Crippen LogP) is 3.00. The van der Waals surface area contributed by atoms with Crippen LogP contribution in [0.4, 0.5) is 0 Å². The molecule has 0 saturated heterocycles. The maximum Gasteiger partial charge on any atom is 0.171 e. The Morgan fingerprint density at radius 3 is 2.78 bits per heavy atom. The molecule has 4 nitrogen and oxygen atoms in total. The molecule has 1 aromatic carbocycles. The van der Waals surface area contributed by atoms with Crippen molar-refractivity contribution in [3.63, 3.8) is 0 Å². The predicted molar refractivity (Wildman–Crippen MR) is 71.4 cm³/mol. The van der Waals surface area contributed by atoms with Crippen molar-refractivity contribution in [2.75, 3.05) is 6.61 Å². The van der Waals surface area contributed by atoms with Gasteiger partial charge in [-0.05, 0) is 37.0 Å². The van der Waals surface area contributed by atoms with E-state index in [2.05, 4.69) is 5.16 Å². The third-order valence-electron chi connectivity index (χ3n) is 3.28. The molecule has 0 aromatic heterocycles. The van der Waals surface area contributed by atoms with Crippen molar-refractivity contribution in [1.29, 1.82) is 0 Å². The van der Waals surface area contributed by atoms with Gasteiger partial charge in [-0.25, -0.2) is 0 Å². The summed E-state index contributed by atoms with van der Waals surface area (Å²) in [5.41, 5.74) is 6.00. The molecular weight excluding hydrogens is 252 g/mol. The molecule has 0 radical (unpaired) electrons. The largest absolute Gasteiger partial charge is 0.493 e. The van der Waals surface area contributed by atoms with E-state index in [1.54, 1.807) is 18.2 Å². The molecule has 0 unspecified atom stereocenters. The molecule has 1 aromatic rings. The second-order valence-corrected chi connectivity index (χ2v) is 5.00. The number of benzene rings is 1. The van der Waals surface area contributed by atoms with Crippen LogP contribution < -0.4 is 10.5 Å². The van der Waals surface area contributed by atoms with Crippen LogP contribution in [0.3, 0.4) is 0 Å².